The molecule has 0 amide bonds. The highest BCUT2D eigenvalue weighted by Crippen LogP contribution is 2.46. The van der Waals surface area contributed by atoms with E-state index in [4.69, 9.17) is 5.11 Å². The van der Waals surface area contributed by atoms with Crippen LogP contribution in [0.4, 0.5) is 0 Å². The third kappa shape index (κ3) is 0.679. The van der Waals surface area contributed by atoms with Crippen LogP contribution in [0.1, 0.15) is 13.3 Å². The van der Waals surface area contributed by atoms with Crippen LogP contribution in [0.2, 0.25) is 0 Å². The van der Waals surface area contributed by atoms with Crippen LogP contribution in [-0.4, -0.2) is 16.7 Å². The van der Waals surface area contributed by atoms with Crippen molar-refractivity contribution in [2.24, 2.45) is 11.8 Å². The maximum Gasteiger partial charge on any atom is 0.201 e. The van der Waals surface area contributed by atoms with Gasteiger partial charge in [-0.2, -0.15) is 0 Å². The van der Waals surface area contributed by atoms with Crippen LogP contribution in [0.25, 0.3) is 0 Å². The zero-order chi connectivity index (χ0) is 8.17. The SMILES string of the molecule is CC1=C(O)C(=O)[C@@H]2C[C@@H]2C1=O. The van der Waals surface area contributed by atoms with Gasteiger partial charge in [0.1, 0.15) is 0 Å². The predicted molar refractivity (Wildman–Crippen MR) is 36.9 cm³/mol. The first-order valence-electron chi connectivity index (χ1n) is 3.61. The summed E-state index contributed by atoms with van der Waals surface area (Å²) in [6.07, 6.45) is 0.638. The molecule has 11 heavy (non-hydrogen) atoms. The Morgan fingerprint density at radius 3 is 2.45 bits per heavy atom. The van der Waals surface area contributed by atoms with E-state index < -0.39 is 0 Å². The van der Waals surface area contributed by atoms with Crippen molar-refractivity contribution >= 4 is 11.6 Å². The van der Waals surface area contributed by atoms with Crippen LogP contribution in [-0.2, 0) is 9.59 Å². The van der Waals surface area contributed by atoms with Crippen LogP contribution < -0.4 is 0 Å². The minimum Gasteiger partial charge on any atom is -0.504 e. The molecule has 58 valence electrons. The second-order valence-electron chi connectivity index (χ2n) is 3.15. The number of allylic oxidation sites excluding steroid dienone is 2. The summed E-state index contributed by atoms with van der Waals surface area (Å²) in [7, 11) is 0. The van der Waals surface area contributed by atoms with Gasteiger partial charge in [0.05, 0.1) is 0 Å². The van der Waals surface area contributed by atoms with Gasteiger partial charge in [0, 0.05) is 17.4 Å². The van der Waals surface area contributed by atoms with Gasteiger partial charge in [0.25, 0.3) is 0 Å². The van der Waals surface area contributed by atoms with Gasteiger partial charge in [-0.05, 0) is 13.3 Å². The molecule has 0 aliphatic heterocycles. The molecular weight excluding hydrogens is 144 g/mol. The quantitative estimate of drug-likeness (QED) is 0.553. The monoisotopic (exact) mass is 152 g/mol. The Balaban J connectivity index is 2.47. The number of hydrogen-bond donors (Lipinski definition) is 1. The number of hydrogen-bond acceptors (Lipinski definition) is 3. The molecule has 1 N–H and O–H groups in total. The third-order valence-electron chi connectivity index (χ3n) is 2.42. The van der Waals surface area contributed by atoms with Crippen molar-refractivity contribution < 1.29 is 14.7 Å². The fourth-order valence-corrected chi connectivity index (χ4v) is 1.53. The molecule has 0 unspecified atom stereocenters. The zero-order valence-corrected chi connectivity index (χ0v) is 6.13. The van der Waals surface area contributed by atoms with Crippen molar-refractivity contribution in [3.05, 3.63) is 11.3 Å². The van der Waals surface area contributed by atoms with Crippen molar-refractivity contribution in [2.45, 2.75) is 13.3 Å². The van der Waals surface area contributed by atoms with E-state index in [0.717, 1.165) is 0 Å². The van der Waals surface area contributed by atoms with Gasteiger partial charge in [-0.3, -0.25) is 9.59 Å². The Bertz CT molecular complexity index is 260. The molecule has 0 saturated heterocycles. The number of Topliss-reactive ketones (excluding diaryl/α,β-unsaturated/α-hetero) is 2. The largest absolute Gasteiger partial charge is 0.504 e. The smallest absolute Gasteiger partial charge is 0.201 e. The maximum atomic E-state index is 11.2. The lowest BCUT2D eigenvalue weighted by atomic mass is 9.97. The van der Waals surface area contributed by atoms with Gasteiger partial charge in [-0.15, -0.1) is 0 Å². The van der Waals surface area contributed by atoms with Crippen LogP contribution in [0, 0.1) is 11.8 Å². The van der Waals surface area contributed by atoms with Gasteiger partial charge < -0.3 is 5.11 Å². The summed E-state index contributed by atoms with van der Waals surface area (Å²) >= 11 is 0. The summed E-state index contributed by atoms with van der Waals surface area (Å²) in [5.74, 6) is -0.891. The first kappa shape index (κ1) is 6.58. The van der Waals surface area contributed by atoms with Crippen LogP contribution in [0.15, 0.2) is 11.3 Å². The van der Waals surface area contributed by atoms with E-state index in [1.165, 1.54) is 6.92 Å². The fraction of sp³-hybridized carbons (Fsp3) is 0.500. The predicted octanol–water partition coefficient (Wildman–Crippen LogP) is 0.606. The molecule has 3 heteroatoms. The van der Waals surface area contributed by atoms with Crippen molar-refractivity contribution in [2.75, 3.05) is 0 Å². The number of fused-ring (bicyclic) bond motifs is 1. The van der Waals surface area contributed by atoms with Crippen LogP contribution in [0.3, 0.4) is 0 Å². The number of rotatable bonds is 0. The Kier molecular flexibility index (Phi) is 1.03. The second kappa shape index (κ2) is 1.72. The van der Waals surface area contributed by atoms with Crippen molar-refractivity contribution in [1.29, 1.82) is 0 Å². The summed E-state index contributed by atoms with van der Waals surface area (Å²) in [6, 6.07) is 0. The number of carbonyl (C=O) groups excluding carboxylic acids is 2. The summed E-state index contributed by atoms with van der Waals surface area (Å²) in [5.41, 5.74) is 0.244. The summed E-state index contributed by atoms with van der Waals surface area (Å²) in [6.45, 7) is 1.50. The first-order valence-corrected chi connectivity index (χ1v) is 3.61. The van der Waals surface area contributed by atoms with E-state index >= 15 is 0 Å². The van der Waals surface area contributed by atoms with Gasteiger partial charge in [0.2, 0.25) is 5.78 Å². The van der Waals surface area contributed by atoms with Crippen LogP contribution >= 0.6 is 0 Å². The first-order chi connectivity index (χ1) is 5.13. The average molecular weight is 152 g/mol. The topological polar surface area (TPSA) is 54.4 Å². The fourth-order valence-electron chi connectivity index (χ4n) is 1.53. The van der Waals surface area contributed by atoms with Crippen molar-refractivity contribution in [3.8, 4) is 0 Å². The highest BCUT2D eigenvalue weighted by Gasteiger charge is 2.53. The number of carbonyl (C=O) groups is 2. The van der Waals surface area contributed by atoms with Crippen LogP contribution in [0.5, 0.6) is 0 Å². The zero-order valence-electron chi connectivity index (χ0n) is 6.13. The van der Waals surface area contributed by atoms with Gasteiger partial charge in [-0.1, -0.05) is 0 Å². The van der Waals surface area contributed by atoms with Crippen molar-refractivity contribution in [3.63, 3.8) is 0 Å². The minimum absolute atomic E-state index is 0.0490. The maximum absolute atomic E-state index is 11.2. The van der Waals surface area contributed by atoms with Gasteiger partial charge in [0.15, 0.2) is 11.5 Å². The highest BCUT2D eigenvalue weighted by atomic mass is 16.3. The Hall–Kier alpha value is -1.12. The molecule has 0 aromatic heterocycles. The van der Waals surface area contributed by atoms with E-state index in [0.29, 0.717) is 6.42 Å². The van der Waals surface area contributed by atoms with Gasteiger partial charge in [-0.25, -0.2) is 0 Å². The Labute approximate surface area is 63.7 Å². The summed E-state index contributed by atoms with van der Waals surface area (Å²) in [5, 5.41) is 9.12. The molecule has 0 radical (unpaired) electrons. The Morgan fingerprint density at radius 2 is 1.82 bits per heavy atom. The lowest BCUT2D eigenvalue weighted by molar-refractivity contribution is -0.125. The molecule has 0 spiro atoms. The number of aliphatic hydroxyl groups excluding tert-OH is 1. The molecule has 0 bridgehead atoms. The van der Waals surface area contributed by atoms with Crippen molar-refractivity contribution in [1.82, 2.24) is 0 Å². The molecular formula is C8H8O3. The summed E-state index contributed by atoms with van der Waals surface area (Å²) in [4.78, 5) is 22.2. The molecule has 2 rings (SSSR count). The van der Waals surface area contributed by atoms with E-state index in [2.05, 4.69) is 0 Å². The lowest BCUT2D eigenvalue weighted by Crippen LogP contribution is -2.20. The number of aliphatic hydroxyl groups is 1. The third-order valence-corrected chi connectivity index (χ3v) is 2.42. The summed E-state index contributed by atoms with van der Waals surface area (Å²) < 4.78 is 0. The molecule has 2 aliphatic carbocycles. The normalized spacial score (nSPS) is 35.7. The second-order valence-corrected chi connectivity index (χ2v) is 3.15. The van der Waals surface area contributed by atoms with Gasteiger partial charge >= 0.3 is 0 Å². The molecule has 3 nitrogen and oxygen atoms in total. The molecule has 1 fully saturated rings. The molecule has 0 aromatic carbocycles. The molecule has 2 aliphatic rings. The standard InChI is InChI=1S/C8H8O3/c1-3-6(9)4-2-5(4)8(11)7(3)10/h4-5,10H,2H2,1H3/t4-,5+/m0/s1. The van der Waals surface area contributed by atoms with E-state index in [1.54, 1.807) is 0 Å². The highest BCUT2D eigenvalue weighted by molar-refractivity contribution is 6.15. The Morgan fingerprint density at radius 1 is 1.27 bits per heavy atom. The van der Waals surface area contributed by atoms with E-state index in [9.17, 15) is 9.59 Å². The molecule has 0 aromatic rings. The number of ketones is 2. The molecule has 0 heterocycles. The molecule has 1 saturated carbocycles. The lowest BCUT2D eigenvalue weighted by Gasteiger charge is -2.08. The molecule has 2 atom stereocenters. The average Bonchev–Trinajstić information content (AvgIpc) is 2.76. The minimum atomic E-state index is -0.311. The van der Waals surface area contributed by atoms with E-state index in [1.807, 2.05) is 0 Å². The van der Waals surface area contributed by atoms with E-state index in [-0.39, 0.29) is 34.7 Å².